The van der Waals surface area contributed by atoms with Crippen LogP contribution in [0.2, 0.25) is 0 Å². The molecule has 7 nitrogen and oxygen atoms in total. The van der Waals surface area contributed by atoms with Crippen molar-refractivity contribution < 1.29 is 27.4 Å². The molecule has 3 aromatic rings. The van der Waals surface area contributed by atoms with Crippen LogP contribution in [0.1, 0.15) is 34.4 Å². The van der Waals surface area contributed by atoms with Crippen LogP contribution in [0.15, 0.2) is 54.7 Å². The molecule has 168 valence electrons. The molecule has 0 fully saturated rings. The molecule has 2 heterocycles. The summed E-state index contributed by atoms with van der Waals surface area (Å²) in [5.41, 5.74) is 1.11. The van der Waals surface area contributed by atoms with Crippen molar-refractivity contribution in [3.05, 3.63) is 65.9 Å². The summed E-state index contributed by atoms with van der Waals surface area (Å²) in [4.78, 5) is 12.9. The second-order valence-electron chi connectivity index (χ2n) is 7.30. The van der Waals surface area contributed by atoms with Gasteiger partial charge in [0.05, 0.1) is 26.5 Å². The summed E-state index contributed by atoms with van der Waals surface area (Å²) in [5.74, 6) is 0.583. The average molecular weight is 446 g/mol. The number of methoxy groups -OCH3 is 2. The molecule has 32 heavy (non-hydrogen) atoms. The van der Waals surface area contributed by atoms with Crippen LogP contribution < -0.4 is 20.1 Å². The summed E-state index contributed by atoms with van der Waals surface area (Å²) >= 11 is 0. The van der Waals surface area contributed by atoms with Gasteiger partial charge < -0.3 is 20.1 Å². The highest BCUT2D eigenvalue weighted by Crippen LogP contribution is 2.44. The van der Waals surface area contributed by atoms with Gasteiger partial charge in [0.15, 0.2) is 6.04 Å². The number of alkyl halides is 3. The predicted octanol–water partition coefficient (Wildman–Crippen LogP) is 4.81. The number of hydrogen-bond donors (Lipinski definition) is 2. The highest BCUT2D eigenvalue weighted by molar-refractivity contribution is 6.07. The first-order chi connectivity index (χ1) is 15.3. The number of rotatable bonds is 5. The highest BCUT2D eigenvalue weighted by Gasteiger charge is 2.47. The lowest BCUT2D eigenvalue weighted by atomic mass is 9.96. The fourth-order valence-corrected chi connectivity index (χ4v) is 3.68. The third kappa shape index (κ3) is 4.20. The first-order valence-corrected chi connectivity index (χ1v) is 9.80. The summed E-state index contributed by atoms with van der Waals surface area (Å²) in [7, 11) is 3.01. The van der Waals surface area contributed by atoms with Gasteiger partial charge in [-0.25, -0.2) is 4.68 Å². The Hall–Kier alpha value is -3.69. The van der Waals surface area contributed by atoms with E-state index in [0.29, 0.717) is 22.7 Å². The molecule has 0 aliphatic carbocycles. The van der Waals surface area contributed by atoms with Gasteiger partial charge in [-0.05, 0) is 42.0 Å². The summed E-state index contributed by atoms with van der Waals surface area (Å²) in [5, 5.41) is 9.63. The number of fused-ring (bicyclic) bond motifs is 1. The summed E-state index contributed by atoms with van der Waals surface area (Å²) < 4.78 is 52.7. The molecule has 0 bridgehead atoms. The largest absolute Gasteiger partial charge is 0.497 e. The fourth-order valence-electron chi connectivity index (χ4n) is 3.68. The van der Waals surface area contributed by atoms with Crippen LogP contribution in [0.25, 0.3) is 0 Å². The molecule has 0 spiro atoms. The molecule has 1 aromatic heterocycles. The normalized spacial score (nSPS) is 17.8. The number of carbonyl (C=O) groups excluding carboxylic acids is 1. The summed E-state index contributed by atoms with van der Waals surface area (Å²) in [6.07, 6.45) is -3.66. The van der Waals surface area contributed by atoms with Crippen molar-refractivity contribution in [3.63, 3.8) is 0 Å². The van der Waals surface area contributed by atoms with Gasteiger partial charge in [0.2, 0.25) is 0 Å². The Labute approximate surface area is 182 Å². The second kappa shape index (κ2) is 8.45. The maximum absolute atomic E-state index is 13.9. The van der Waals surface area contributed by atoms with Gasteiger partial charge in [-0.2, -0.15) is 18.3 Å². The van der Waals surface area contributed by atoms with Crippen molar-refractivity contribution in [2.75, 3.05) is 24.9 Å². The molecule has 2 atom stereocenters. The van der Waals surface area contributed by atoms with Gasteiger partial charge in [-0.3, -0.25) is 4.79 Å². The Bertz CT molecular complexity index is 1110. The standard InChI is InChI=1S/C22H21F3N4O3/c1-31-15-8-6-14(7-9-15)27-21(30)17-12-26-29-19(22(23,24)25)11-18(28-20(17)29)13-4-3-5-16(10-13)32-2/h3-10,12,18-19,28H,11H2,1-2H3,(H,27,30)/t18-,19-/m0/s1. The second-order valence-corrected chi connectivity index (χ2v) is 7.30. The average Bonchev–Trinajstić information content (AvgIpc) is 3.22. The number of nitrogens with zero attached hydrogens (tertiary/aromatic N) is 2. The quantitative estimate of drug-likeness (QED) is 0.588. The van der Waals surface area contributed by atoms with Crippen molar-refractivity contribution in [1.82, 2.24) is 9.78 Å². The Morgan fingerprint density at radius 3 is 2.50 bits per heavy atom. The molecule has 1 amide bonds. The molecule has 0 saturated carbocycles. The Morgan fingerprint density at radius 1 is 1.12 bits per heavy atom. The number of nitrogens with one attached hydrogen (secondary N) is 2. The predicted molar refractivity (Wildman–Crippen MR) is 112 cm³/mol. The van der Waals surface area contributed by atoms with E-state index in [1.54, 1.807) is 48.5 Å². The zero-order chi connectivity index (χ0) is 22.9. The Kier molecular flexibility index (Phi) is 5.68. The lowest BCUT2D eigenvalue weighted by Gasteiger charge is -2.34. The van der Waals surface area contributed by atoms with Crippen LogP contribution in [0.4, 0.5) is 24.7 Å². The summed E-state index contributed by atoms with van der Waals surface area (Å²) in [6.45, 7) is 0. The van der Waals surface area contributed by atoms with Crippen LogP contribution >= 0.6 is 0 Å². The Balaban J connectivity index is 1.66. The topological polar surface area (TPSA) is 77.4 Å². The molecule has 0 radical (unpaired) electrons. The number of carbonyl (C=O) groups is 1. The molecule has 2 aromatic carbocycles. The lowest BCUT2D eigenvalue weighted by Crippen LogP contribution is -2.36. The maximum Gasteiger partial charge on any atom is 0.410 e. The monoisotopic (exact) mass is 446 g/mol. The van der Waals surface area contributed by atoms with Crippen molar-refractivity contribution >= 4 is 17.4 Å². The first kappa shape index (κ1) is 21.5. The molecule has 0 unspecified atom stereocenters. The van der Waals surface area contributed by atoms with E-state index in [2.05, 4.69) is 15.7 Å². The van der Waals surface area contributed by atoms with E-state index in [9.17, 15) is 18.0 Å². The number of hydrogen-bond acceptors (Lipinski definition) is 5. The third-order valence-electron chi connectivity index (χ3n) is 5.33. The fraction of sp³-hybridized carbons (Fsp3) is 0.273. The number of amides is 1. The van der Waals surface area contributed by atoms with Crippen LogP contribution in [0.3, 0.4) is 0 Å². The van der Waals surface area contributed by atoms with Crippen LogP contribution in [-0.4, -0.2) is 36.1 Å². The molecule has 2 N–H and O–H groups in total. The van der Waals surface area contributed by atoms with Gasteiger partial charge >= 0.3 is 6.18 Å². The minimum Gasteiger partial charge on any atom is -0.497 e. The number of anilines is 2. The highest BCUT2D eigenvalue weighted by atomic mass is 19.4. The summed E-state index contributed by atoms with van der Waals surface area (Å²) in [6, 6.07) is 10.9. The van der Waals surface area contributed by atoms with Crippen molar-refractivity contribution in [1.29, 1.82) is 0 Å². The van der Waals surface area contributed by atoms with Gasteiger partial charge in [0, 0.05) is 12.1 Å². The molecule has 10 heteroatoms. The molecule has 4 rings (SSSR count). The van der Waals surface area contributed by atoms with Gasteiger partial charge in [0.1, 0.15) is 22.9 Å². The smallest absolute Gasteiger partial charge is 0.410 e. The number of ether oxygens (including phenoxy) is 2. The van der Waals surface area contributed by atoms with Crippen molar-refractivity contribution in [2.45, 2.75) is 24.7 Å². The van der Waals surface area contributed by atoms with E-state index in [4.69, 9.17) is 9.47 Å². The molecule has 1 aliphatic heterocycles. The molecule has 0 saturated heterocycles. The van der Waals surface area contributed by atoms with Gasteiger partial charge in [-0.1, -0.05) is 12.1 Å². The zero-order valence-corrected chi connectivity index (χ0v) is 17.3. The minimum atomic E-state index is -4.54. The van der Waals surface area contributed by atoms with Gasteiger partial charge in [-0.15, -0.1) is 0 Å². The van der Waals surface area contributed by atoms with Crippen LogP contribution in [0, 0.1) is 0 Å². The first-order valence-electron chi connectivity index (χ1n) is 9.80. The van der Waals surface area contributed by atoms with Crippen molar-refractivity contribution in [3.8, 4) is 11.5 Å². The SMILES string of the molecule is COc1ccc(NC(=O)c2cnn3c2N[C@H](c2cccc(OC)c2)C[C@H]3C(F)(F)F)cc1. The minimum absolute atomic E-state index is 0.0115. The van der Waals surface area contributed by atoms with Crippen LogP contribution in [-0.2, 0) is 0 Å². The van der Waals surface area contributed by atoms with E-state index in [0.717, 1.165) is 10.9 Å². The van der Waals surface area contributed by atoms with Crippen LogP contribution in [0.5, 0.6) is 11.5 Å². The van der Waals surface area contributed by atoms with E-state index < -0.39 is 24.2 Å². The van der Waals surface area contributed by atoms with Gasteiger partial charge in [0.25, 0.3) is 5.91 Å². The third-order valence-corrected chi connectivity index (χ3v) is 5.33. The molecular weight excluding hydrogens is 425 g/mol. The van der Waals surface area contributed by atoms with E-state index in [1.165, 1.54) is 14.2 Å². The maximum atomic E-state index is 13.9. The van der Waals surface area contributed by atoms with E-state index in [1.807, 2.05) is 0 Å². The van der Waals surface area contributed by atoms with Crippen molar-refractivity contribution in [2.24, 2.45) is 0 Å². The van der Waals surface area contributed by atoms with E-state index in [-0.39, 0.29) is 17.8 Å². The zero-order valence-electron chi connectivity index (χ0n) is 17.3. The lowest BCUT2D eigenvalue weighted by molar-refractivity contribution is -0.173. The molecular formula is C22H21F3N4O3. The number of aromatic nitrogens is 2. The number of benzene rings is 2. The number of halogens is 3. The Morgan fingerprint density at radius 2 is 1.84 bits per heavy atom. The van der Waals surface area contributed by atoms with E-state index >= 15 is 0 Å². The molecule has 1 aliphatic rings.